The summed E-state index contributed by atoms with van der Waals surface area (Å²) in [5.41, 5.74) is -8.95. The molecular formula is C24H12CuF20N3. The van der Waals surface area contributed by atoms with Gasteiger partial charge >= 0.3 is 65.5 Å². The predicted octanol–water partition coefficient (Wildman–Crippen LogP) is 11.3. The number of hydrogen-bond donors (Lipinski definition) is 0. The van der Waals surface area contributed by atoms with Crippen LogP contribution in [-0.2, 0) is 29.4 Å². The largest absolute Gasteiger partial charge is 1.00 e. The van der Waals surface area contributed by atoms with Crippen molar-refractivity contribution >= 4 is 23.0 Å². The molecular weight excluding hydrogens is 774 g/mol. The maximum atomic E-state index is 14.7. The molecule has 0 amide bonds. The van der Waals surface area contributed by atoms with Crippen LogP contribution >= 0.6 is 0 Å². The van der Waals surface area contributed by atoms with E-state index in [1.807, 2.05) is 10.3 Å². The van der Waals surface area contributed by atoms with Crippen LogP contribution in [-0.4, -0.2) is 47.7 Å². The van der Waals surface area contributed by atoms with Gasteiger partial charge in [-0.05, 0) is 29.7 Å². The third-order valence-corrected chi connectivity index (χ3v) is 5.15. The summed E-state index contributed by atoms with van der Waals surface area (Å²) in [6.45, 7) is 6.00. The van der Waals surface area contributed by atoms with Crippen molar-refractivity contribution in [1.29, 1.82) is 0 Å². The van der Waals surface area contributed by atoms with Gasteiger partial charge in [-0.1, -0.05) is 30.3 Å². The van der Waals surface area contributed by atoms with Crippen molar-refractivity contribution in [2.45, 2.75) is 48.4 Å². The molecule has 0 bridgehead atoms. The summed E-state index contributed by atoms with van der Waals surface area (Å²) >= 11 is 0. The van der Waals surface area contributed by atoms with E-state index in [1.165, 1.54) is 4.99 Å². The van der Waals surface area contributed by atoms with E-state index in [0.29, 0.717) is 24.3 Å². The monoisotopic (exact) mass is 785 g/mol. The zero-order valence-corrected chi connectivity index (χ0v) is 23.2. The second kappa shape index (κ2) is 14.5. The quantitative estimate of drug-likeness (QED) is 0.0920. The van der Waals surface area contributed by atoms with E-state index in [0.717, 1.165) is 0 Å². The minimum absolute atomic E-state index is 0. The van der Waals surface area contributed by atoms with E-state index in [2.05, 4.69) is 13.2 Å². The van der Waals surface area contributed by atoms with Gasteiger partial charge in [0.15, 0.2) is 0 Å². The molecule has 0 aliphatic heterocycles. The zero-order chi connectivity index (χ0) is 37.2. The van der Waals surface area contributed by atoms with Gasteiger partial charge in [-0.3, -0.25) is 4.99 Å². The van der Waals surface area contributed by atoms with Gasteiger partial charge in [0.2, 0.25) is 0 Å². The molecule has 3 nitrogen and oxygen atoms in total. The molecule has 0 spiro atoms. The smallest absolute Gasteiger partial charge is 0.434 e. The molecule has 48 heavy (non-hydrogen) atoms. The maximum absolute atomic E-state index is 14.7. The van der Waals surface area contributed by atoms with Crippen LogP contribution in [0, 0.1) is 0 Å². The molecule has 0 atom stereocenters. The maximum Gasteiger partial charge on any atom is 1.00 e. The molecule has 24 heteroatoms. The van der Waals surface area contributed by atoms with E-state index >= 15 is 0 Å². The molecule has 2 aromatic rings. The first-order chi connectivity index (χ1) is 20.9. The number of para-hydroxylation sites is 2. The van der Waals surface area contributed by atoms with Gasteiger partial charge in [-0.25, -0.2) is 0 Å². The SMILES string of the molecule is C=C.FC(F)(F)c1ccccc1N=C(N=C([N-]c1ccccc1C(F)(F)F)C(F)(F)C(F)(F)C(F)(F)F)C(F)(F)C(F)(F)C(F)(F)F.[Cu+]. The Morgan fingerprint density at radius 2 is 0.896 bits per heavy atom. The van der Waals surface area contributed by atoms with Crippen LogP contribution in [0.5, 0.6) is 0 Å². The van der Waals surface area contributed by atoms with Crippen molar-refractivity contribution < 1.29 is 105 Å². The van der Waals surface area contributed by atoms with Crippen molar-refractivity contribution in [2.75, 3.05) is 0 Å². The van der Waals surface area contributed by atoms with E-state index < -0.39 is 82.6 Å². The topological polar surface area (TPSA) is 38.8 Å². The fourth-order valence-electron chi connectivity index (χ4n) is 2.92. The third kappa shape index (κ3) is 8.91. The Balaban J connectivity index is 0.00000722. The standard InChI is InChI=1S/C22H8F20N3.C2H4.Cu/c23-15(24,19(33,34)21(37,38)39)13(43-11-7-3-1-5-9(11)17(27,28)29)45-14(16(25,26)20(35,36)22(40,41)42)44-12-8-4-2-6-10(12)18(30,31)32;1-2;/h1-8H;1-2H2;/q-1;;+1. The summed E-state index contributed by atoms with van der Waals surface area (Å²) in [6, 6.07) is 1.23. The molecule has 0 saturated heterocycles. The average molecular weight is 786 g/mol. The minimum Gasteiger partial charge on any atom is -0.434 e. The Morgan fingerprint density at radius 1 is 0.521 bits per heavy atom. The van der Waals surface area contributed by atoms with Crippen LogP contribution in [0.4, 0.5) is 99.2 Å². The fourth-order valence-corrected chi connectivity index (χ4v) is 2.92. The van der Waals surface area contributed by atoms with Crippen LogP contribution in [0.3, 0.4) is 0 Å². The van der Waals surface area contributed by atoms with Gasteiger partial charge in [-0.15, -0.1) is 13.2 Å². The fraction of sp³-hybridized carbons (Fsp3) is 0.333. The van der Waals surface area contributed by atoms with E-state index in [4.69, 9.17) is 0 Å². The van der Waals surface area contributed by atoms with Crippen LogP contribution in [0.2, 0.25) is 0 Å². The molecule has 0 aliphatic carbocycles. The van der Waals surface area contributed by atoms with Crippen LogP contribution in [0.15, 0.2) is 71.7 Å². The van der Waals surface area contributed by atoms with Crippen LogP contribution in [0.1, 0.15) is 11.1 Å². The van der Waals surface area contributed by atoms with Crippen molar-refractivity contribution in [2.24, 2.45) is 9.98 Å². The molecule has 0 saturated carbocycles. The Kier molecular flexibility index (Phi) is 13.4. The number of alkyl halides is 20. The Bertz CT molecular complexity index is 1450. The Hall–Kier alpha value is -3.56. The Labute approximate surface area is 264 Å². The summed E-state index contributed by atoms with van der Waals surface area (Å²) in [5.74, 6) is -37.7. The minimum atomic E-state index is -7.60. The van der Waals surface area contributed by atoms with Crippen LogP contribution < -0.4 is 0 Å². The summed E-state index contributed by atoms with van der Waals surface area (Å²) in [4.78, 5) is 3.55. The number of aliphatic imine (C=N–C) groups is 2. The molecule has 274 valence electrons. The molecule has 0 heterocycles. The first-order valence-corrected chi connectivity index (χ1v) is 11.3. The average Bonchev–Trinajstić information content (AvgIpc) is 2.91. The summed E-state index contributed by atoms with van der Waals surface area (Å²) in [7, 11) is 0. The molecule has 0 aliphatic rings. The molecule has 0 fully saturated rings. The first-order valence-electron chi connectivity index (χ1n) is 11.3. The second-order valence-electron chi connectivity index (χ2n) is 8.31. The van der Waals surface area contributed by atoms with Crippen molar-refractivity contribution in [3.8, 4) is 0 Å². The van der Waals surface area contributed by atoms with E-state index in [1.54, 1.807) is 0 Å². The first kappa shape index (κ1) is 44.4. The Morgan fingerprint density at radius 3 is 1.31 bits per heavy atom. The van der Waals surface area contributed by atoms with Gasteiger partial charge in [0.25, 0.3) is 0 Å². The van der Waals surface area contributed by atoms with Crippen molar-refractivity contribution in [3.05, 3.63) is 78.1 Å². The summed E-state index contributed by atoms with van der Waals surface area (Å²) in [5, 5.41) is 2.02. The zero-order valence-electron chi connectivity index (χ0n) is 22.2. The molecule has 2 aromatic carbocycles. The molecule has 0 N–H and O–H groups in total. The van der Waals surface area contributed by atoms with Gasteiger partial charge in [0.1, 0.15) is 5.84 Å². The second-order valence-corrected chi connectivity index (χ2v) is 8.31. The number of rotatable bonds is 6. The van der Waals surface area contributed by atoms with E-state index in [-0.39, 0.29) is 41.3 Å². The van der Waals surface area contributed by atoms with Gasteiger partial charge in [-0.2, -0.15) is 87.8 Å². The van der Waals surface area contributed by atoms with Crippen molar-refractivity contribution in [3.63, 3.8) is 0 Å². The van der Waals surface area contributed by atoms with Gasteiger partial charge < -0.3 is 10.3 Å². The predicted molar refractivity (Wildman–Crippen MR) is 124 cm³/mol. The molecule has 0 aromatic heterocycles. The van der Waals surface area contributed by atoms with Crippen LogP contribution in [0.25, 0.3) is 5.32 Å². The summed E-state index contributed by atoms with van der Waals surface area (Å²) in [6.07, 6.45) is -26.5. The molecule has 0 unspecified atom stereocenters. The molecule has 2 rings (SSSR count). The third-order valence-electron chi connectivity index (χ3n) is 5.15. The van der Waals surface area contributed by atoms with E-state index in [9.17, 15) is 87.8 Å². The van der Waals surface area contributed by atoms with Gasteiger partial charge in [0, 0.05) is 0 Å². The number of amidine groups is 2. The normalized spacial score (nSPS) is 14.5. The number of halogens is 20. The van der Waals surface area contributed by atoms with Crippen molar-refractivity contribution in [1.82, 2.24) is 0 Å². The molecule has 0 radical (unpaired) electrons. The number of benzene rings is 2. The van der Waals surface area contributed by atoms with Gasteiger partial charge in [0.05, 0.1) is 16.8 Å². The number of nitrogens with zero attached hydrogens (tertiary/aromatic N) is 3. The number of hydrogen-bond acceptors (Lipinski definition) is 1. The summed E-state index contributed by atoms with van der Waals surface area (Å²) < 4.78 is 271.